The van der Waals surface area contributed by atoms with E-state index < -0.39 is 0 Å². The predicted octanol–water partition coefficient (Wildman–Crippen LogP) is 2.30. The van der Waals surface area contributed by atoms with Gasteiger partial charge in [-0.25, -0.2) is 4.98 Å². The number of carbonyl (C=O) groups is 1. The summed E-state index contributed by atoms with van der Waals surface area (Å²) in [7, 11) is 0. The van der Waals surface area contributed by atoms with E-state index in [1.807, 2.05) is 24.3 Å². The number of rotatable bonds is 4. The second-order valence-electron chi connectivity index (χ2n) is 4.18. The number of nitrogens with zero attached hydrogens (tertiary/aromatic N) is 2. The monoisotopic (exact) mass is 260 g/mol. The van der Waals surface area contributed by atoms with Crippen molar-refractivity contribution in [3.05, 3.63) is 30.6 Å². The van der Waals surface area contributed by atoms with Gasteiger partial charge in [-0.15, -0.1) is 0 Å². The molecule has 1 aromatic carbocycles. The number of aromatic nitrogens is 3. The zero-order valence-electron chi connectivity index (χ0n) is 9.59. The second kappa shape index (κ2) is 4.81. The zero-order chi connectivity index (χ0) is 12.4. The number of aromatic amines is 1. The Morgan fingerprint density at radius 3 is 2.72 bits per heavy atom. The van der Waals surface area contributed by atoms with E-state index in [-0.39, 0.29) is 11.8 Å². The first-order valence-electron chi connectivity index (χ1n) is 5.75. The highest BCUT2D eigenvalue weighted by atomic mass is 32.2. The minimum Gasteiger partial charge on any atom is -0.326 e. The molecule has 0 spiro atoms. The van der Waals surface area contributed by atoms with Gasteiger partial charge in [-0.3, -0.25) is 9.89 Å². The van der Waals surface area contributed by atoms with E-state index in [1.54, 1.807) is 0 Å². The predicted molar refractivity (Wildman–Crippen MR) is 68.3 cm³/mol. The van der Waals surface area contributed by atoms with Gasteiger partial charge in [-0.2, -0.15) is 5.10 Å². The summed E-state index contributed by atoms with van der Waals surface area (Å²) in [6, 6.07) is 7.71. The average molecular weight is 260 g/mol. The van der Waals surface area contributed by atoms with Crippen LogP contribution in [0.3, 0.4) is 0 Å². The maximum atomic E-state index is 11.6. The van der Waals surface area contributed by atoms with E-state index in [9.17, 15) is 4.79 Å². The Bertz CT molecular complexity index is 534. The van der Waals surface area contributed by atoms with Crippen LogP contribution in [0.1, 0.15) is 12.8 Å². The molecule has 6 heteroatoms. The first-order chi connectivity index (χ1) is 8.81. The van der Waals surface area contributed by atoms with Gasteiger partial charge in [0.2, 0.25) is 5.91 Å². The van der Waals surface area contributed by atoms with Crippen molar-refractivity contribution in [1.82, 2.24) is 15.2 Å². The Balaban J connectivity index is 1.63. The largest absolute Gasteiger partial charge is 0.326 e. The normalized spacial score (nSPS) is 14.4. The molecule has 5 nitrogen and oxygen atoms in total. The van der Waals surface area contributed by atoms with Crippen molar-refractivity contribution in [1.29, 1.82) is 0 Å². The van der Waals surface area contributed by atoms with Gasteiger partial charge in [0.25, 0.3) is 0 Å². The molecule has 92 valence electrons. The van der Waals surface area contributed by atoms with Crippen LogP contribution >= 0.6 is 11.8 Å². The molecule has 1 aromatic heterocycles. The summed E-state index contributed by atoms with van der Waals surface area (Å²) in [4.78, 5) is 16.7. The topological polar surface area (TPSA) is 70.7 Å². The quantitative estimate of drug-likeness (QED) is 0.885. The maximum Gasteiger partial charge on any atom is 0.227 e. The molecule has 0 aliphatic heterocycles. The minimum atomic E-state index is 0.130. The van der Waals surface area contributed by atoms with Crippen molar-refractivity contribution in [3.8, 4) is 0 Å². The molecule has 0 bridgehead atoms. The van der Waals surface area contributed by atoms with Crippen molar-refractivity contribution < 1.29 is 4.79 Å². The third-order valence-electron chi connectivity index (χ3n) is 2.68. The van der Waals surface area contributed by atoms with E-state index in [0.29, 0.717) is 0 Å². The third kappa shape index (κ3) is 2.70. The van der Waals surface area contributed by atoms with Crippen molar-refractivity contribution in [3.63, 3.8) is 0 Å². The van der Waals surface area contributed by atoms with Gasteiger partial charge in [0.15, 0.2) is 5.16 Å². The maximum absolute atomic E-state index is 11.6. The lowest BCUT2D eigenvalue weighted by atomic mass is 10.3. The number of amides is 1. The van der Waals surface area contributed by atoms with Crippen LogP contribution in [0.4, 0.5) is 5.69 Å². The molecule has 1 aliphatic rings. The Hall–Kier alpha value is -1.82. The summed E-state index contributed by atoms with van der Waals surface area (Å²) in [6.45, 7) is 0. The zero-order valence-corrected chi connectivity index (χ0v) is 10.4. The summed E-state index contributed by atoms with van der Waals surface area (Å²) in [6.07, 6.45) is 3.52. The van der Waals surface area contributed by atoms with Gasteiger partial charge >= 0.3 is 0 Å². The number of nitrogens with one attached hydrogen (secondary N) is 2. The number of anilines is 1. The fourth-order valence-electron chi connectivity index (χ4n) is 1.55. The molecule has 0 radical (unpaired) electrons. The molecule has 2 N–H and O–H groups in total. The van der Waals surface area contributed by atoms with E-state index in [2.05, 4.69) is 20.5 Å². The summed E-state index contributed by atoms with van der Waals surface area (Å²) in [5.41, 5.74) is 0.841. The lowest BCUT2D eigenvalue weighted by Gasteiger charge is -2.04. The van der Waals surface area contributed by atoms with Gasteiger partial charge in [0.05, 0.1) is 0 Å². The molecule has 1 amide bonds. The summed E-state index contributed by atoms with van der Waals surface area (Å²) in [5, 5.41) is 10.2. The molecular formula is C12H12N4OS. The molecule has 0 atom stereocenters. The molecule has 18 heavy (non-hydrogen) atoms. The molecular weight excluding hydrogens is 248 g/mol. The Morgan fingerprint density at radius 2 is 2.11 bits per heavy atom. The lowest BCUT2D eigenvalue weighted by Crippen LogP contribution is -2.12. The minimum absolute atomic E-state index is 0.130. The Morgan fingerprint density at radius 1 is 1.33 bits per heavy atom. The molecule has 0 saturated heterocycles. The fourth-order valence-corrected chi connectivity index (χ4v) is 2.24. The molecule has 1 fully saturated rings. The summed E-state index contributed by atoms with van der Waals surface area (Å²) in [5.74, 6) is 0.360. The van der Waals surface area contributed by atoms with Crippen LogP contribution in [0.2, 0.25) is 0 Å². The summed E-state index contributed by atoms with van der Waals surface area (Å²) < 4.78 is 0. The third-order valence-corrected chi connectivity index (χ3v) is 3.58. The van der Waals surface area contributed by atoms with Gasteiger partial charge in [0.1, 0.15) is 6.33 Å². The molecule has 3 rings (SSSR count). The molecule has 1 saturated carbocycles. The number of hydrogen-bond acceptors (Lipinski definition) is 4. The second-order valence-corrected chi connectivity index (χ2v) is 5.24. The molecule has 2 aromatic rings. The van der Waals surface area contributed by atoms with Crippen LogP contribution in [0.15, 0.2) is 40.6 Å². The van der Waals surface area contributed by atoms with Crippen LogP contribution in [0, 0.1) is 5.92 Å². The van der Waals surface area contributed by atoms with Crippen molar-refractivity contribution >= 4 is 23.4 Å². The smallest absolute Gasteiger partial charge is 0.227 e. The standard InChI is InChI=1S/C12H12N4OS/c17-11(8-1-2-8)15-9-3-5-10(6-4-9)18-12-13-7-14-16-12/h3-8H,1-2H2,(H,15,17)(H,13,14,16). The average Bonchev–Trinajstić information content (AvgIpc) is 3.11. The molecule has 1 heterocycles. The van der Waals surface area contributed by atoms with Crippen LogP contribution in [0.5, 0.6) is 0 Å². The highest BCUT2D eigenvalue weighted by Crippen LogP contribution is 2.30. The molecule has 0 unspecified atom stereocenters. The van der Waals surface area contributed by atoms with Gasteiger partial charge in [0, 0.05) is 16.5 Å². The van der Waals surface area contributed by atoms with Crippen molar-refractivity contribution in [2.75, 3.05) is 5.32 Å². The van der Waals surface area contributed by atoms with Gasteiger partial charge in [-0.1, -0.05) is 11.8 Å². The van der Waals surface area contributed by atoms with E-state index in [0.717, 1.165) is 28.6 Å². The van der Waals surface area contributed by atoms with E-state index >= 15 is 0 Å². The number of hydrogen-bond donors (Lipinski definition) is 2. The van der Waals surface area contributed by atoms with Crippen LogP contribution in [0.25, 0.3) is 0 Å². The summed E-state index contributed by atoms with van der Waals surface area (Å²) >= 11 is 1.50. The Kier molecular flexibility index (Phi) is 3.02. The van der Waals surface area contributed by atoms with Crippen molar-refractivity contribution in [2.24, 2.45) is 5.92 Å². The van der Waals surface area contributed by atoms with Crippen LogP contribution < -0.4 is 5.32 Å². The fraction of sp³-hybridized carbons (Fsp3) is 0.250. The number of carbonyl (C=O) groups excluding carboxylic acids is 1. The molecule has 1 aliphatic carbocycles. The number of H-pyrrole nitrogens is 1. The first-order valence-corrected chi connectivity index (χ1v) is 6.57. The van der Waals surface area contributed by atoms with E-state index in [1.165, 1.54) is 18.1 Å². The van der Waals surface area contributed by atoms with Gasteiger partial charge in [-0.05, 0) is 37.1 Å². The van der Waals surface area contributed by atoms with Crippen molar-refractivity contribution in [2.45, 2.75) is 22.9 Å². The highest BCUT2D eigenvalue weighted by molar-refractivity contribution is 7.99. The van der Waals surface area contributed by atoms with Gasteiger partial charge < -0.3 is 5.32 Å². The van der Waals surface area contributed by atoms with Crippen LogP contribution in [-0.2, 0) is 4.79 Å². The number of benzene rings is 1. The Labute approximate surface area is 108 Å². The van der Waals surface area contributed by atoms with Crippen LogP contribution in [-0.4, -0.2) is 21.1 Å². The SMILES string of the molecule is O=C(Nc1ccc(Sc2ncn[nH]2)cc1)C1CC1. The van der Waals surface area contributed by atoms with E-state index in [4.69, 9.17) is 0 Å². The highest BCUT2D eigenvalue weighted by Gasteiger charge is 2.29. The lowest BCUT2D eigenvalue weighted by molar-refractivity contribution is -0.117. The first kappa shape index (κ1) is 11.3.